The van der Waals surface area contributed by atoms with Crippen LogP contribution in [0.3, 0.4) is 0 Å². The average Bonchev–Trinajstić information content (AvgIpc) is 3.00. The van der Waals surface area contributed by atoms with Crippen molar-refractivity contribution in [2.24, 2.45) is 23.7 Å². The lowest BCUT2D eigenvalue weighted by atomic mass is 9.82. The summed E-state index contributed by atoms with van der Waals surface area (Å²) in [5, 5.41) is 0. The average molecular weight is 587 g/mol. The van der Waals surface area contributed by atoms with Gasteiger partial charge in [0.05, 0.1) is 25.0 Å². The summed E-state index contributed by atoms with van der Waals surface area (Å²) >= 11 is 0. The number of rotatable bonds is 16. The molecular weight excluding hydrogens is 536 g/mol. The highest BCUT2D eigenvalue weighted by Gasteiger charge is 2.30. The molecule has 234 valence electrons. The van der Waals surface area contributed by atoms with Crippen LogP contribution in [-0.2, 0) is 28.7 Å². The molecule has 0 amide bonds. The van der Waals surface area contributed by atoms with Gasteiger partial charge in [-0.3, -0.25) is 19.2 Å². The van der Waals surface area contributed by atoms with Crippen molar-refractivity contribution in [2.45, 2.75) is 117 Å². The van der Waals surface area contributed by atoms with Crippen LogP contribution in [0.4, 0.5) is 0 Å². The van der Waals surface area contributed by atoms with Crippen molar-refractivity contribution >= 4 is 23.9 Å². The fourth-order valence-electron chi connectivity index (χ4n) is 5.71. The van der Waals surface area contributed by atoms with E-state index in [9.17, 15) is 19.2 Å². The van der Waals surface area contributed by atoms with Gasteiger partial charge >= 0.3 is 23.9 Å². The third-order valence-electron chi connectivity index (χ3n) is 8.55. The molecule has 2 fully saturated rings. The Labute approximate surface area is 251 Å². The predicted octanol–water partition coefficient (Wildman–Crippen LogP) is 7.36. The van der Waals surface area contributed by atoms with Crippen LogP contribution in [0.1, 0.15) is 117 Å². The largest absolute Gasteiger partial charge is 0.465 e. The molecule has 0 saturated heterocycles. The summed E-state index contributed by atoms with van der Waals surface area (Å²) in [6.07, 6.45) is 13.2. The molecule has 0 atom stereocenters. The van der Waals surface area contributed by atoms with E-state index in [2.05, 4.69) is 13.8 Å². The Bertz CT molecular complexity index is 893. The molecule has 0 spiro atoms. The van der Waals surface area contributed by atoms with Gasteiger partial charge in [0.25, 0.3) is 0 Å². The lowest BCUT2D eigenvalue weighted by molar-refractivity contribution is -0.147. The third-order valence-corrected chi connectivity index (χ3v) is 8.55. The highest BCUT2D eigenvalue weighted by Crippen LogP contribution is 2.32. The van der Waals surface area contributed by atoms with Crippen molar-refractivity contribution in [3.05, 3.63) is 24.3 Å². The summed E-state index contributed by atoms with van der Waals surface area (Å²) in [5.41, 5.74) is 0. The quantitative estimate of drug-likeness (QED) is 0.112. The number of unbranched alkanes of at least 4 members (excludes halogenated alkanes) is 4. The van der Waals surface area contributed by atoms with Crippen molar-refractivity contribution in [3.63, 3.8) is 0 Å². The van der Waals surface area contributed by atoms with Crippen molar-refractivity contribution < 1.29 is 38.1 Å². The minimum atomic E-state index is -0.252. The molecule has 8 nitrogen and oxygen atoms in total. The van der Waals surface area contributed by atoms with Gasteiger partial charge in [-0.15, -0.1) is 0 Å². The second-order valence-electron chi connectivity index (χ2n) is 12.0. The van der Waals surface area contributed by atoms with E-state index in [1.54, 1.807) is 24.3 Å². The van der Waals surface area contributed by atoms with Crippen LogP contribution in [0.25, 0.3) is 0 Å². The van der Waals surface area contributed by atoms with Crippen LogP contribution in [-0.4, -0.2) is 37.1 Å². The first-order chi connectivity index (χ1) is 20.4. The lowest BCUT2D eigenvalue weighted by Gasteiger charge is -2.27. The van der Waals surface area contributed by atoms with Crippen molar-refractivity contribution in [1.29, 1.82) is 0 Å². The van der Waals surface area contributed by atoms with E-state index in [0.717, 1.165) is 89.9 Å². The van der Waals surface area contributed by atoms with Crippen LogP contribution < -0.4 is 9.47 Å². The molecule has 2 aliphatic rings. The van der Waals surface area contributed by atoms with Gasteiger partial charge in [-0.05, 0) is 100 Å². The van der Waals surface area contributed by atoms with Gasteiger partial charge in [-0.25, -0.2) is 0 Å². The van der Waals surface area contributed by atoms with Gasteiger partial charge in [0, 0.05) is 12.8 Å². The fourth-order valence-corrected chi connectivity index (χ4v) is 5.71. The van der Waals surface area contributed by atoms with Crippen molar-refractivity contribution in [1.82, 2.24) is 0 Å². The maximum absolute atomic E-state index is 12.7. The molecule has 0 unspecified atom stereocenters. The number of hydrogen-bond acceptors (Lipinski definition) is 8. The smallest absolute Gasteiger partial charge is 0.314 e. The maximum atomic E-state index is 12.7. The van der Waals surface area contributed by atoms with Gasteiger partial charge in [0.2, 0.25) is 0 Å². The minimum Gasteiger partial charge on any atom is -0.465 e. The number of esters is 4. The highest BCUT2D eigenvalue weighted by molar-refractivity contribution is 5.76. The molecular formula is C34H50O8. The molecule has 0 aliphatic heterocycles. The van der Waals surface area contributed by atoms with E-state index >= 15 is 0 Å². The van der Waals surface area contributed by atoms with Crippen LogP contribution in [0.2, 0.25) is 0 Å². The Morgan fingerprint density at radius 2 is 0.929 bits per heavy atom. The first kappa shape index (κ1) is 33.6. The first-order valence-corrected chi connectivity index (χ1v) is 16.2. The first-order valence-electron chi connectivity index (χ1n) is 16.2. The summed E-state index contributed by atoms with van der Waals surface area (Å²) in [5.74, 6) is 0.351. The highest BCUT2D eigenvalue weighted by atomic mass is 16.5. The molecule has 2 saturated carbocycles. The van der Waals surface area contributed by atoms with Crippen LogP contribution in [0, 0.1) is 23.7 Å². The van der Waals surface area contributed by atoms with Gasteiger partial charge in [0.15, 0.2) is 0 Å². The molecule has 42 heavy (non-hydrogen) atoms. The summed E-state index contributed by atoms with van der Waals surface area (Å²) in [6, 6.07) is 6.59. The number of ether oxygens (including phenoxy) is 4. The molecule has 3 rings (SSSR count). The van der Waals surface area contributed by atoms with Crippen molar-refractivity contribution in [2.75, 3.05) is 13.2 Å². The Morgan fingerprint density at radius 3 is 1.26 bits per heavy atom. The molecule has 2 aliphatic carbocycles. The molecule has 0 bridgehead atoms. The Morgan fingerprint density at radius 1 is 0.571 bits per heavy atom. The Kier molecular flexibility index (Phi) is 14.9. The van der Waals surface area contributed by atoms with E-state index in [0.29, 0.717) is 49.4 Å². The molecule has 0 radical (unpaired) electrons. The Hall–Kier alpha value is -2.90. The lowest BCUT2D eigenvalue weighted by Crippen LogP contribution is -2.28. The molecule has 0 heterocycles. The second kappa shape index (κ2) is 18.6. The van der Waals surface area contributed by atoms with Crippen molar-refractivity contribution in [3.8, 4) is 11.5 Å². The SMILES string of the molecule is CCCCCC(=O)OC[C@H]1CC[C@H](C(=O)Oc2ccc(OC(=O)[C@H]3CC[C@H](COC(=O)CCCCC)CC3)cc2)CC1. The zero-order chi connectivity index (χ0) is 30.2. The maximum Gasteiger partial charge on any atom is 0.314 e. The number of benzene rings is 1. The monoisotopic (exact) mass is 586 g/mol. The summed E-state index contributed by atoms with van der Waals surface area (Å²) in [4.78, 5) is 49.1. The number of hydrogen-bond donors (Lipinski definition) is 0. The van der Waals surface area contributed by atoms with E-state index in [4.69, 9.17) is 18.9 Å². The van der Waals surface area contributed by atoms with Crippen LogP contribution >= 0.6 is 0 Å². The molecule has 1 aromatic rings. The molecule has 8 heteroatoms. The van der Waals surface area contributed by atoms with Gasteiger partial charge < -0.3 is 18.9 Å². The van der Waals surface area contributed by atoms with Crippen LogP contribution in [0.5, 0.6) is 11.5 Å². The summed E-state index contributed by atoms with van der Waals surface area (Å²) < 4.78 is 22.0. The summed E-state index contributed by atoms with van der Waals surface area (Å²) in [7, 11) is 0. The van der Waals surface area contributed by atoms with Gasteiger partial charge in [-0.2, -0.15) is 0 Å². The number of carbonyl (C=O) groups is 4. The van der Waals surface area contributed by atoms with Crippen LogP contribution in [0.15, 0.2) is 24.3 Å². The zero-order valence-electron chi connectivity index (χ0n) is 25.6. The molecule has 0 aromatic heterocycles. The fraction of sp³-hybridized carbons (Fsp3) is 0.706. The zero-order valence-corrected chi connectivity index (χ0v) is 25.6. The van der Waals surface area contributed by atoms with Gasteiger partial charge in [0.1, 0.15) is 11.5 Å². The molecule has 1 aromatic carbocycles. The van der Waals surface area contributed by atoms with E-state index in [1.807, 2.05) is 0 Å². The number of carbonyl (C=O) groups excluding carboxylic acids is 4. The summed E-state index contributed by atoms with van der Waals surface area (Å²) in [6.45, 7) is 5.08. The minimum absolute atomic E-state index is 0.126. The standard InChI is InChI=1S/C34H50O8/c1-3-5-7-9-31(35)39-23-25-11-15-27(16-12-25)33(37)41-29-19-21-30(22-20-29)42-34(38)28-17-13-26(14-18-28)24-40-32(36)10-8-6-4-2/h19-22,25-28H,3-18,23-24H2,1-2H3/t25-,26-,27-,28-. The normalized spacial score (nSPS) is 22.1. The second-order valence-corrected chi connectivity index (χ2v) is 12.0. The Balaban J connectivity index is 1.31. The topological polar surface area (TPSA) is 105 Å². The van der Waals surface area contributed by atoms with E-state index < -0.39 is 0 Å². The van der Waals surface area contributed by atoms with Gasteiger partial charge in [-0.1, -0.05) is 39.5 Å². The van der Waals surface area contributed by atoms with E-state index in [-0.39, 0.29) is 35.7 Å². The van der Waals surface area contributed by atoms with E-state index in [1.165, 1.54) is 0 Å². The molecule has 0 N–H and O–H groups in total. The third kappa shape index (κ3) is 12.1. The predicted molar refractivity (Wildman–Crippen MR) is 159 cm³/mol.